The Morgan fingerprint density at radius 1 is 0.931 bits per heavy atom. The quantitative estimate of drug-likeness (QED) is 0.517. The molecule has 0 unspecified atom stereocenters. The van der Waals surface area contributed by atoms with Crippen molar-refractivity contribution in [2.75, 3.05) is 17.5 Å². The number of carbonyl (C=O) groups is 1. The maximum atomic E-state index is 13.2. The maximum absolute atomic E-state index is 13.2. The van der Waals surface area contributed by atoms with Crippen LogP contribution in [0.15, 0.2) is 83.8 Å². The molecule has 0 amide bonds. The molecule has 0 heterocycles. The summed E-state index contributed by atoms with van der Waals surface area (Å²) in [5.41, 5.74) is 0.889. The van der Waals surface area contributed by atoms with E-state index >= 15 is 0 Å². The van der Waals surface area contributed by atoms with Crippen LogP contribution >= 0.6 is 0 Å². The topological polar surface area (TPSA) is 63.7 Å². The standard InChI is InChI=1S/C22H20FNO4S/c1-17(25)21-9-5-6-10-22(21)28-16-15-24(19-7-3-2-4-8-19)29(26,27)20-13-11-18(23)12-14-20/h2-14H,15-16H2,1H3. The number of hydrogen-bond acceptors (Lipinski definition) is 4. The van der Waals surface area contributed by atoms with Gasteiger partial charge in [-0.15, -0.1) is 0 Å². The number of carbonyl (C=O) groups excluding carboxylic acids is 1. The summed E-state index contributed by atoms with van der Waals surface area (Å²) >= 11 is 0. The molecule has 0 aliphatic rings. The zero-order valence-electron chi connectivity index (χ0n) is 15.8. The first kappa shape index (κ1) is 20.5. The molecule has 0 radical (unpaired) electrons. The molecular weight excluding hydrogens is 393 g/mol. The van der Waals surface area contributed by atoms with Gasteiger partial charge in [0, 0.05) is 0 Å². The van der Waals surface area contributed by atoms with Crippen LogP contribution in [0.25, 0.3) is 0 Å². The van der Waals surface area contributed by atoms with Gasteiger partial charge in [0.05, 0.1) is 22.7 Å². The first-order chi connectivity index (χ1) is 13.9. The Morgan fingerprint density at radius 3 is 2.21 bits per heavy atom. The smallest absolute Gasteiger partial charge is 0.264 e. The summed E-state index contributed by atoms with van der Waals surface area (Å²) in [6.07, 6.45) is 0. The predicted molar refractivity (Wildman–Crippen MR) is 109 cm³/mol. The largest absolute Gasteiger partial charge is 0.491 e. The highest BCUT2D eigenvalue weighted by molar-refractivity contribution is 7.92. The number of benzene rings is 3. The molecular formula is C22H20FNO4S. The summed E-state index contributed by atoms with van der Waals surface area (Å²) in [4.78, 5) is 11.7. The van der Waals surface area contributed by atoms with E-state index in [4.69, 9.17) is 4.74 Å². The van der Waals surface area contributed by atoms with Gasteiger partial charge < -0.3 is 4.74 Å². The Morgan fingerprint density at radius 2 is 1.55 bits per heavy atom. The van der Waals surface area contributed by atoms with Gasteiger partial charge in [-0.05, 0) is 55.5 Å². The molecule has 0 saturated heterocycles. The van der Waals surface area contributed by atoms with E-state index in [0.717, 1.165) is 12.1 Å². The van der Waals surface area contributed by atoms with Crippen molar-refractivity contribution < 1.29 is 22.3 Å². The Balaban J connectivity index is 1.86. The van der Waals surface area contributed by atoms with Gasteiger partial charge in [0.25, 0.3) is 10.0 Å². The highest BCUT2D eigenvalue weighted by atomic mass is 32.2. The van der Waals surface area contributed by atoms with Crippen LogP contribution in [0.3, 0.4) is 0 Å². The predicted octanol–water partition coefficient (Wildman–Crippen LogP) is 4.30. The summed E-state index contributed by atoms with van der Waals surface area (Å²) in [5, 5.41) is 0. The minimum atomic E-state index is -3.93. The van der Waals surface area contributed by atoms with Crippen molar-refractivity contribution in [2.24, 2.45) is 0 Å². The molecule has 0 N–H and O–H groups in total. The molecule has 5 nitrogen and oxygen atoms in total. The lowest BCUT2D eigenvalue weighted by atomic mass is 10.1. The third kappa shape index (κ3) is 4.81. The fraction of sp³-hybridized carbons (Fsp3) is 0.136. The van der Waals surface area contributed by atoms with Crippen molar-refractivity contribution in [2.45, 2.75) is 11.8 Å². The number of halogens is 1. The molecule has 29 heavy (non-hydrogen) atoms. The molecule has 3 aromatic carbocycles. The second-order valence-electron chi connectivity index (χ2n) is 6.27. The van der Waals surface area contributed by atoms with Crippen LogP contribution in [0.4, 0.5) is 10.1 Å². The summed E-state index contributed by atoms with van der Waals surface area (Å²) in [6.45, 7) is 1.48. The number of ether oxygens (including phenoxy) is 1. The molecule has 0 spiro atoms. The lowest BCUT2D eigenvalue weighted by Gasteiger charge is -2.24. The van der Waals surface area contributed by atoms with Gasteiger partial charge in [0.15, 0.2) is 5.78 Å². The fourth-order valence-corrected chi connectivity index (χ4v) is 4.29. The van der Waals surface area contributed by atoms with Crippen LogP contribution in [0.2, 0.25) is 0 Å². The van der Waals surface area contributed by atoms with Crippen LogP contribution in [0, 0.1) is 5.82 Å². The van der Waals surface area contributed by atoms with Gasteiger partial charge in [-0.3, -0.25) is 9.10 Å². The minimum Gasteiger partial charge on any atom is -0.491 e. The Bertz CT molecular complexity index is 1080. The number of para-hydroxylation sites is 2. The normalized spacial score (nSPS) is 11.1. The van der Waals surface area contributed by atoms with Crippen molar-refractivity contribution in [1.82, 2.24) is 0 Å². The van der Waals surface area contributed by atoms with Crippen LogP contribution in [-0.2, 0) is 10.0 Å². The molecule has 7 heteroatoms. The average Bonchev–Trinajstić information content (AvgIpc) is 2.72. The van der Waals surface area contributed by atoms with Crippen molar-refractivity contribution in [3.63, 3.8) is 0 Å². The van der Waals surface area contributed by atoms with Gasteiger partial charge in [0.2, 0.25) is 0 Å². The molecule has 0 aliphatic carbocycles. The Kier molecular flexibility index (Phi) is 6.29. The monoisotopic (exact) mass is 413 g/mol. The van der Waals surface area contributed by atoms with E-state index in [1.165, 1.54) is 23.4 Å². The second-order valence-corrected chi connectivity index (χ2v) is 8.13. The summed E-state index contributed by atoms with van der Waals surface area (Å²) in [6, 6.07) is 20.1. The first-order valence-electron chi connectivity index (χ1n) is 8.96. The lowest BCUT2D eigenvalue weighted by molar-refractivity contribution is 0.101. The minimum absolute atomic E-state index is 0.00988. The third-order valence-corrected chi connectivity index (χ3v) is 6.11. The van der Waals surface area contributed by atoms with Crippen LogP contribution < -0.4 is 9.04 Å². The zero-order valence-corrected chi connectivity index (χ0v) is 16.6. The Hall–Kier alpha value is -3.19. The highest BCUT2D eigenvalue weighted by Gasteiger charge is 2.25. The molecule has 3 aromatic rings. The van der Waals surface area contributed by atoms with Gasteiger partial charge in [-0.1, -0.05) is 30.3 Å². The number of sulfonamides is 1. The van der Waals surface area contributed by atoms with Gasteiger partial charge in [0.1, 0.15) is 18.2 Å². The number of ketones is 1. The first-order valence-corrected chi connectivity index (χ1v) is 10.4. The molecule has 0 aromatic heterocycles. The molecule has 0 bridgehead atoms. The summed E-state index contributed by atoms with van der Waals surface area (Å²) < 4.78 is 46.5. The molecule has 0 saturated carbocycles. The number of nitrogens with zero attached hydrogens (tertiary/aromatic N) is 1. The van der Waals surface area contributed by atoms with Crippen molar-refractivity contribution in [3.8, 4) is 5.75 Å². The van der Waals surface area contributed by atoms with Crippen molar-refractivity contribution in [3.05, 3.63) is 90.2 Å². The molecule has 3 rings (SSSR count). The summed E-state index contributed by atoms with van der Waals surface area (Å²) in [7, 11) is -3.93. The SMILES string of the molecule is CC(=O)c1ccccc1OCCN(c1ccccc1)S(=O)(=O)c1ccc(F)cc1. The van der Waals surface area contributed by atoms with E-state index in [-0.39, 0.29) is 23.8 Å². The third-order valence-electron chi connectivity index (χ3n) is 4.26. The molecule has 0 aliphatic heterocycles. The van der Waals surface area contributed by atoms with Gasteiger partial charge >= 0.3 is 0 Å². The average molecular weight is 413 g/mol. The maximum Gasteiger partial charge on any atom is 0.264 e. The second kappa shape index (κ2) is 8.87. The fourth-order valence-electron chi connectivity index (χ4n) is 2.84. The zero-order chi connectivity index (χ0) is 20.9. The Labute approximate surface area is 169 Å². The summed E-state index contributed by atoms with van der Waals surface area (Å²) in [5.74, 6) is -0.258. The number of anilines is 1. The van der Waals surface area contributed by atoms with Crippen molar-refractivity contribution in [1.29, 1.82) is 0 Å². The van der Waals surface area contributed by atoms with Crippen LogP contribution in [-0.4, -0.2) is 27.4 Å². The molecule has 0 fully saturated rings. The van der Waals surface area contributed by atoms with E-state index in [9.17, 15) is 17.6 Å². The van der Waals surface area contributed by atoms with E-state index in [0.29, 0.717) is 17.0 Å². The molecule has 150 valence electrons. The number of Topliss-reactive ketones (excluding diaryl/α,β-unsaturated/α-hetero) is 1. The van der Waals surface area contributed by atoms with E-state index < -0.39 is 15.8 Å². The van der Waals surface area contributed by atoms with Gasteiger partial charge in [-0.2, -0.15) is 0 Å². The van der Waals surface area contributed by atoms with E-state index in [2.05, 4.69) is 0 Å². The number of hydrogen-bond donors (Lipinski definition) is 0. The molecule has 0 atom stereocenters. The van der Waals surface area contributed by atoms with Gasteiger partial charge in [-0.25, -0.2) is 12.8 Å². The van der Waals surface area contributed by atoms with Crippen molar-refractivity contribution >= 4 is 21.5 Å². The highest BCUT2D eigenvalue weighted by Crippen LogP contribution is 2.24. The lowest BCUT2D eigenvalue weighted by Crippen LogP contribution is -2.34. The van der Waals surface area contributed by atoms with E-state index in [1.807, 2.05) is 0 Å². The number of rotatable bonds is 8. The van der Waals surface area contributed by atoms with E-state index in [1.54, 1.807) is 54.6 Å². The van der Waals surface area contributed by atoms with Crippen LogP contribution in [0.5, 0.6) is 5.75 Å². The van der Waals surface area contributed by atoms with Crippen LogP contribution in [0.1, 0.15) is 17.3 Å².